The quantitative estimate of drug-likeness (QED) is 0.399. The fourth-order valence-electron chi connectivity index (χ4n) is 2.74. The van der Waals surface area contributed by atoms with E-state index in [2.05, 4.69) is 32.3 Å². The number of fused-ring (bicyclic) bond motifs is 1. The molecule has 0 aliphatic carbocycles. The second-order valence-electron chi connectivity index (χ2n) is 7.33. The summed E-state index contributed by atoms with van der Waals surface area (Å²) in [6, 6.07) is 11.0. The van der Waals surface area contributed by atoms with Gasteiger partial charge in [0.2, 0.25) is 5.91 Å². The second-order valence-corrected chi connectivity index (χ2v) is 9.19. The zero-order chi connectivity index (χ0) is 21.9. The predicted molar refractivity (Wildman–Crippen MR) is 119 cm³/mol. The smallest absolute Gasteiger partial charge is 0.262 e. The molecule has 0 bridgehead atoms. The summed E-state index contributed by atoms with van der Waals surface area (Å²) in [5, 5.41) is 13.1. The summed E-state index contributed by atoms with van der Waals surface area (Å²) in [6.07, 6.45) is 1.54. The highest BCUT2D eigenvalue weighted by Crippen LogP contribution is 2.22. The molecule has 1 N–H and O–H groups in total. The van der Waals surface area contributed by atoms with Gasteiger partial charge in [-0.15, -0.1) is 0 Å². The minimum atomic E-state index is -0.964. The molecule has 3 aromatic rings. The number of halogens is 1. The molecular formula is C21H21BrN4O3S. The first kappa shape index (κ1) is 22.1. The Balaban J connectivity index is 1.92. The Morgan fingerprint density at radius 1 is 1.43 bits per heavy atom. The van der Waals surface area contributed by atoms with E-state index in [1.165, 1.54) is 4.57 Å². The van der Waals surface area contributed by atoms with Crippen LogP contribution in [0.25, 0.3) is 10.9 Å². The van der Waals surface area contributed by atoms with Crippen LogP contribution in [-0.2, 0) is 11.3 Å². The van der Waals surface area contributed by atoms with Crippen molar-refractivity contribution >= 4 is 44.5 Å². The van der Waals surface area contributed by atoms with Crippen LogP contribution in [0.1, 0.15) is 26.5 Å². The van der Waals surface area contributed by atoms with Crippen molar-refractivity contribution in [2.24, 2.45) is 5.92 Å². The van der Waals surface area contributed by atoms with Gasteiger partial charge in [-0.05, 0) is 43.2 Å². The summed E-state index contributed by atoms with van der Waals surface area (Å²) >= 11 is 4.54. The van der Waals surface area contributed by atoms with Crippen molar-refractivity contribution < 1.29 is 9.21 Å². The lowest BCUT2D eigenvalue weighted by atomic mass is 9.90. The molecular weight excluding hydrogens is 468 g/mol. The highest BCUT2D eigenvalue weighted by molar-refractivity contribution is 9.10. The van der Waals surface area contributed by atoms with Crippen LogP contribution < -0.4 is 10.9 Å². The fourth-order valence-corrected chi connectivity index (χ4v) is 3.90. The molecule has 1 amide bonds. The Labute approximate surface area is 186 Å². The van der Waals surface area contributed by atoms with Crippen molar-refractivity contribution in [2.75, 3.05) is 5.75 Å². The van der Waals surface area contributed by atoms with Gasteiger partial charge in [0.25, 0.3) is 5.56 Å². The number of nitrogens with zero attached hydrogens (tertiary/aromatic N) is 3. The van der Waals surface area contributed by atoms with Crippen molar-refractivity contribution in [1.29, 1.82) is 5.26 Å². The SMILES string of the molecule is CC(C)[C@](C)(C#N)NC(=O)CSc1nc2ccc(Br)cc2c(=O)n1Cc1ccco1. The van der Waals surface area contributed by atoms with Crippen LogP contribution in [0.15, 0.2) is 55.4 Å². The van der Waals surface area contributed by atoms with Gasteiger partial charge in [-0.25, -0.2) is 4.98 Å². The van der Waals surface area contributed by atoms with Gasteiger partial charge in [-0.2, -0.15) is 5.26 Å². The summed E-state index contributed by atoms with van der Waals surface area (Å²) in [6.45, 7) is 5.65. The normalized spacial score (nSPS) is 13.2. The first-order valence-corrected chi connectivity index (χ1v) is 11.1. The van der Waals surface area contributed by atoms with E-state index in [1.807, 2.05) is 19.9 Å². The van der Waals surface area contributed by atoms with Gasteiger partial charge in [-0.3, -0.25) is 14.2 Å². The number of furan rings is 1. The van der Waals surface area contributed by atoms with Gasteiger partial charge in [0.15, 0.2) is 5.16 Å². The number of carbonyl (C=O) groups excluding carboxylic acids is 1. The van der Waals surface area contributed by atoms with Crippen LogP contribution in [0.2, 0.25) is 0 Å². The number of hydrogen-bond acceptors (Lipinski definition) is 6. The zero-order valence-electron chi connectivity index (χ0n) is 16.8. The van der Waals surface area contributed by atoms with Crippen molar-refractivity contribution in [3.63, 3.8) is 0 Å². The molecule has 2 heterocycles. The van der Waals surface area contributed by atoms with E-state index in [0.717, 1.165) is 16.2 Å². The van der Waals surface area contributed by atoms with E-state index in [1.54, 1.807) is 37.5 Å². The predicted octanol–water partition coefficient (Wildman–Crippen LogP) is 3.95. The summed E-state index contributed by atoms with van der Waals surface area (Å²) in [4.78, 5) is 30.2. The molecule has 9 heteroatoms. The Kier molecular flexibility index (Phi) is 6.68. The Morgan fingerprint density at radius 2 is 2.20 bits per heavy atom. The minimum absolute atomic E-state index is 0.0244. The number of benzene rings is 1. The number of nitriles is 1. The third-order valence-corrected chi connectivity index (χ3v) is 6.36. The molecule has 2 aromatic heterocycles. The number of thioether (sulfide) groups is 1. The maximum Gasteiger partial charge on any atom is 0.262 e. The molecule has 0 radical (unpaired) electrons. The summed E-state index contributed by atoms with van der Waals surface area (Å²) < 4.78 is 7.67. The first-order chi connectivity index (χ1) is 14.2. The average Bonchev–Trinajstić information content (AvgIpc) is 3.22. The van der Waals surface area contributed by atoms with Gasteiger partial charge in [0.05, 0.1) is 35.5 Å². The van der Waals surface area contributed by atoms with E-state index < -0.39 is 5.54 Å². The van der Waals surface area contributed by atoms with E-state index in [-0.39, 0.29) is 29.7 Å². The molecule has 30 heavy (non-hydrogen) atoms. The molecule has 3 rings (SSSR count). The molecule has 0 unspecified atom stereocenters. The number of aromatic nitrogens is 2. The van der Waals surface area contributed by atoms with Gasteiger partial charge in [-0.1, -0.05) is 41.5 Å². The Hall–Kier alpha value is -2.57. The Morgan fingerprint density at radius 3 is 2.83 bits per heavy atom. The zero-order valence-corrected chi connectivity index (χ0v) is 19.2. The number of nitrogens with one attached hydrogen (secondary N) is 1. The standard InChI is InChI=1S/C21H21BrN4O3S/c1-13(2)21(3,12-23)25-18(27)11-30-20-24-17-7-6-14(22)9-16(17)19(28)26(20)10-15-5-4-8-29-15/h4-9,13H,10-11H2,1-3H3,(H,25,27)/t21-/m0/s1. The van der Waals surface area contributed by atoms with Crippen molar-refractivity contribution in [1.82, 2.24) is 14.9 Å². The van der Waals surface area contributed by atoms with E-state index >= 15 is 0 Å². The third kappa shape index (κ3) is 4.77. The molecule has 156 valence electrons. The molecule has 0 fully saturated rings. The largest absolute Gasteiger partial charge is 0.467 e. The number of hydrogen-bond donors (Lipinski definition) is 1. The van der Waals surface area contributed by atoms with Gasteiger partial charge >= 0.3 is 0 Å². The van der Waals surface area contributed by atoms with Crippen molar-refractivity contribution in [3.8, 4) is 6.07 Å². The topological polar surface area (TPSA) is 101 Å². The monoisotopic (exact) mass is 488 g/mol. The Bertz CT molecular complexity index is 1170. The van der Waals surface area contributed by atoms with Gasteiger partial charge in [0, 0.05) is 4.47 Å². The lowest BCUT2D eigenvalue weighted by Crippen LogP contribution is -2.49. The lowest BCUT2D eigenvalue weighted by molar-refractivity contribution is -0.120. The van der Waals surface area contributed by atoms with Crippen LogP contribution in [0.3, 0.4) is 0 Å². The second kappa shape index (κ2) is 9.06. The maximum atomic E-state index is 13.1. The molecule has 1 atom stereocenters. The van der Waals surface area contributed by atoms with E-state index in [4.69, 9.17) is 4.42 Å². The number of carbonyl (C=O) groups is 1. The summed E-state index contributed by atoms with van der Waals surface area (Å²) in [7, 11) is 0. The van der Waals surface area contributed by atoms with Crippen LogP contribution in [0, 0.1) is 17.2 Å². The highest BCUT2D eigenvalue weighted by Gasteiger charge is 2.30. The van der Waals surface area contributed by atoms with Crippen LogP contribution >= 0.6 is 27.7 Å². The lowest BCUT2D eigenvalue weighted by Gasteiger charge is -2.27. The van der Waals surface area contributed by atoms with Crippen LogP contribution in [0.4, 0.5) is 0 Å². The van der Waals surface area contributed by atoms with Crippen molar-refractivity contribution in [3.05, 3.63) is 57.2 Å². The average molecular weight is 489 g/mol. The maximum absolute atomic E-state index is 13.1. The van der Waals surface area contributed by atoms with Crippen LogP contribution in [-0.4, -0.2) is 26.8 Å². The molecule has 0 saturated carbocycles. The highest BCUT2D eigenvalue weighted by atomic mass is 79.9. The van der Waals surface area contributed by atoms with Crippen LogP contribution in [0.5, 0.6) is 0 Å². The molecule has 0 spiro atoms. The molecule has 7 nitrogen and oxygen atoms in total. The van der Waals surface area contributed by atoms with Gasteiger partial charge in [0.1, 0.15) is 11.3 Å². The molecule has 1 aromatic carbocycles. The van der Waals surface area contributed by atoms with E-state index in [0.29, 0.717) is 21.8 Å². The number of amides is 1. The first-order valence-electron chi connectivity index (χ1n) is 9.31. The summed E-state index contributed by atoms with van der Waals surface area (Å²) in [5.41, 5.74) is -0.635. The molecule has 0 aliphatic heterocycles. The van der Waals surface area contributed by atoms with Crippen molar-refractivity contribution in [2.45, 2.75) is 38.0 Å². The summed E-state index contributed by atoms with van der Waals surface area (Å²) in [5.74, 6) is 0.283. The van der Waals surface area contributed by atoms with E-state index in [9.17, 15) is 14.9 Å². The molecule has 0 saturated heterocycles. The third-order valence-electron chi connectivity index (χ3n) is 4.89. The fraction of sp³-hybridized carbons (Fsp3) is 0.333. The molecule has 0 aliphatic rings. The number of rotatable bonds is 7. The van der Waals surface area contributed by atoms with Gasteiger partial charge < -0.3 is 9.73 Å². The minimum Gasteiger partial charge on any atom is -0.467 e.